The quantitative estimate of drug-likeness (QED) is 0.0623. The Bertz CT molecular complexity index is 2400. The standard InChI is InChI=1S/C20H26N8O.C11H13N5.C6H9N3.C6H8N2.C3H9NO/c1-13(29)12-23-18-26-19(24-16-8-4-6-14(10-16)21-2)28-20(27-18)25-17-9-5-7-15(11-17)22-3;1-7-13-8(2)15-11(14-7)16-10-5-3-4-9(12)6-10;1-4-7-5(2)9-6(3)8-4;7-5-2-1-3-6(8)4-5;1-3(5)2-4/h4-11,13,21-22,29H,12H2,1-3H3,(H3,23,24,25,26,27,28);3-6H,12H2,1-2H3,(H,13,14,15,16);1-3H3;1-4H,7-8H2;3,5H,2,4H2,1H3. The number of nitrogen functional groups attached to an aromatic ring is 3. The molecule has 0 radical (unpaired) electrons. The first-order chi connectivity index (χ1) is 31.9. The monoisotopic (exact) mass is 916 g/mol. The van der Waals surface area contributed by atoms with E-state index in [9.17, 15) is 5.11 Å². The molecule has 21 heteroatoms. The van der Waals surface area contributed by atoms with Crippen LogP contribution in [-0.2, 0) is 0 Å². The summed E-state index contributed by atoms with van der Waals surface area (Å²) in [5.41, 5.74) is 28.0. The Morgan fingerprint density at radius 3 is 1.09 bits per heavy atom. The molecule has 0 amide bonds. The Hall–Kier alpha value is -8.01. The summed E-state index contributed by atoms with van der Waals surface area (Å²) in [6.45, 7) is 13.3. The fraction of sp³-hybridized carbons (Fsp3) is 0.283. The third-order valence-corrected chi connectivity index (χ3v) is 8.23. The predicted molar refractivity (Wildman–Crippen MR) is 272 cm³/mol. The number of benzene rings is 4. The number of hydrogen-bond donors (Lipinski definition) is 12. The van der Waals surface area contributed by atoms with Gasteiger partial charge in [0.1, 0.15) is 29.1 Å². The first-order valence-electron chi connectivity index (χ1n) is 21.2. The first-order valence-corrected chi connectivity index (χ1v) is 21.2. The maximum atomic E-state index is 9.56. The number of aliphatic hydroxyl groups excluding tert-OH is 2. The number of nitrogens with one attached hydrogen (secondary N) is 6. The number of nitrogens with zero attached hydrogens (tertiary/aromatic N) is 9. The van der Waals surface area contributed by atoms with Crippen LogP contribution in [0.15, 0.2) is 97.1 Å². The van der Waals surface area contributed by atoms with Crippen LogP contribution in [0.4, 0.5) is 69.3 Å². The van der Waals surface area contributed by atoms with E-state index in [1.807, 2.05) is 128 Å². The lowest BCUT2D eigenvalue weighted by molar-refractivity contribution is 0.203. The Balaban J connectivity index is 0.000000260. The van der Waals surface area contributed by atoms with Crippen molar-refractivity contribution in [2.75, 3.05) is 76.3 Å². The Morgan fingerprint density at radius 1 is 0.433 bits per heavy atom. The summed E-state index contributed by atoms with van der Waals surface area (Å²) in [5, 5.41) is 36.5. The van der Waals surface area contributed by atoms with Gasteiger partial charge >= 0.3 is 0 Å². The number of aryl methyl sites for hydroxylation is 5. The third kappa shape index (κ3) is 22.0. The average Bonchev–Trinajstić information content (AvgIpc) is 3.26. The smallest absolute Gasteiger partial charge is 0.233 e. The number of rotatable bonds is 12. The van der Waals surface area contributed by atoms with Gasteiger partial charge < -0.3 is 65.0 Å². The van der Waals surface area contributed by atoms with Crippen LogP contribution in [0.1, 0.15) is 43.0 Å². The molecule has 16 N–H and O–H groups in total. The molecule has 0 saturated heterocycles. The number of anilines is 12. The molecular formula is C46H65N19O2. The Kier molecular flexibility index (Phi) is 22.3. The lowest BCUT2D eigenvalue weighted by atomic mass is 10.3. The van der Waals surface area contributed by atoms with Crippen LogP contribution >= 0.6 is 0 Å². The number of aromatic nitrogens is 9. The van der Waals surface area contributed by atoms with E-state index in [1.54, 1.807) is 32.0 Å². The molecular weight excluding hydrogens is 851 g/mol. The molecule has 0 saturated carbocycles. The number of aliphatic hydroxyl groups is 2. The Labute approximate surface area is 392 Å². The van der Waals surface area contributed by atoms with Crippen LogP contribution in [0.3, 0.4) is 0 Å². The summed E-state index contributed by atoms with van der Waals surface area (Å²) in [5.74, 6) is 5.43. The van der Waals surface area contributed by atoms with Crippen molar-refractivity contribution in [1.82, 2.24) is 44.9 Å². The highest BCUT2D eigenvalue weighted by Crippen LogP contribution is 2.22. The van der Waals surface area contributed by atoms with E-state index in [0.29, 0.717) is 65.6 Å². The van der Waals surface area contributed by atoms with Crippen LogP contribution in [0.5, 0.6) is 0 Å². The van der Waals surface area contributed by atoms with E-state index < -0.39 is 6.10 Å². The minimum Gasteiger partial charge on any atom is -0.399 e. The predicted octanol–water partition coefficient (Wildman–Crippen LogP) is 6.02. The molecule has 3 heterocycles. The van der Waals surface area contributed by atoms with Crippen molar-refractivity contribution < 1.29 is 10.2 Å². The first kappa shape index (κ1) is 53.3. The largest absolute Gasteiger partial charge is 0.399 e. The van der Waals surface area contributed by atoms with E-state index in [0.717, 1.165) is 45.9 Å². The van der Waals surface area contributed by atoms with Crippen molar-refractivity contribution in [2.45, 2.75) is 60.7 Å². The van der Waals surface area contributed by atoms with Crippen molar-refractivity contribution in [3.63, 3.8) is 0 Å². The van der Waals surface area contributed by atoms with Crippen LogP contribution in [0.25, 0.3) is 0 Å². The van der Waals surface area contributed by atoms with Gasteiger partial charge in [-0.05, 0) is 121 Å². The molecule has 356 valence electrons. The highest BCUT2D eigenvalue weighted by molar-refractivity contribution is 5.65. The summed E-state index contributed by atoms with van der Waals surface area (Å²) >= 11 is 0. The van der Waals surface area contributed by atoms with Crippen LogP contribution in [-0.4, -0.2) is 94.5 Å². The van der Waals surface area contributed by atoms with Crippen LogP contribution in [0.2, 0.25) is 0 Å². The molecule has 0 bridgehead atoms. The summed E-state index contributed by atoms with van der Waals surface area (Å²) in [4.78, 5) is 37.8. The van der Waals surface area contributed by atoms with Gasteiger partial charge in [-0.25, -0.2) is 19.9 Å². The summed E-state index contributed by atoms with van der Waals surface area (Å²) < 4.78 is 0. The van der Waals surface area contributed by atoms with Crippen LogP contribution in [0, 0.1) is 34.6 Å². The van der Waals surface area contributed by atoms with Gasteiger partial charge in [0.25, 0.3) is 0 Å². The van der Waals surface area contributed by atoms with Gasteiger partial charge in [0.2, 0.25) is 23.8 Å². The second-order valence-corrected chi connectivity index (χ2v) is 14.7. The fourth-order valence-electron chi connectivity index (χ4n) is 5.32. The molecule has 4 aromatic carbocycles. The molecule has 0 aliphatic carbocycles. The Morgan fingerprint density at radius 2 is 0.746 bits per heavy atom. The van der Waals surface area contributed by atoms with Crippen molar-refractivity contribution in [2.24, 2.45) is 5.73 Å². The lowest BCUT2D eigenvalue weighted by Gasteiger charge is -2.13. The molecule has 0 spiro atoms. The maximum absolute atomic E-state index is 9.56. The summed E-state index contributed by atoms with van der Waals surface area (Å²) in [7, 11) is 3.73. The van der Waals surface area contributed by atoms with E-state index in [2.05, 4.69) is 76.8 Å². The number of nitrogens with two attached hydrogens (primary N) is 4. The van der Waals surface area contributed by atoms with Crippen molar-refractivity contribution in [3.8, 4) is 0 Å². The molecule has 0 fully saturated rings. The molecule has 0 aliphatic heterocycles. The molecule has 67 heavy (non-hydrogen) atoms. The van der Waals surface area contributed by atoms with Gasteiger partial charge in [0.05, 0.1) is 12.2 Å². The van der Waals surface area contributed by atoms with Gasteiger partial charge in [-0.15, -0.1) is 0 Å². The fourth-order valence-corrected chi connectivity index (χ4v) is 5.32. The normalized spacial score (nSPS) is 10.9. The zero-order chi connectivity index (χ0) is 49.3. The van der Waals surface area contributed by atoms with E-state index in [4.69, 9.17) is 28.0 Å². The van der Waals surface area contributed by atoms with Gasteiger partial charge in [0, 0.05) is 72.7 Å². The zero-order valence-corrected chi connectivity index (χ0v) is 39.5. The van der Waals surface area contributed by atoms with Crippen molar-refractivity contribution >= 4 is 69.3 Å². The second-order valence-electron chi connectivity index (χ2n) is 14.7. The van der Waals surface area contributed by atoms with Crippen molar-refractivity contribution in [3.05, 3.63) is 126 Å². The van der Waals surface area contributed by atoms with E-state index in [-0.39, 0.29) is 6.10 Å². The van der Waals surface area contributed by atoms with Crippen molar-refractivity contribution in [1.29, 1.82) is 0 Å². The van der Waals surface area contributed by atoms with E-state index in [1.165, 1.54) is 0 Å². The molecule has 2 atom stereocenters. The SMILES string of the molecule is CC(O)CN.CNc1cccc(Nc2nc(NCC(C)O)nc(Nc3cccc(NC)c3)n2)c1.Cc1nc(C)nc(C)n1.Cc1nc(C)nc(Nc2cccc(N)c2)n1.Nc1cccc(N)c1. The molecule has 0 aliphatic rings. The van der Waals surface area contributed by atoms with Gasteiger partial charge in [-0.1, -0.05) is 24.3 Å². The van der Waals surface area contributed by atoms with Gasteiger partial charge in [-0.3, -0.25) is 0 Å². The second kappa shape index (κ2) is 28.0. The third-order valence-electron chi connectivity index (χ3n) is 8.23. The number of hydrogen-bond acceptors (Lipinski definition) is 21. The minimum atomic E-state index is -0.529. The minimum absolute atomic E-state index is 0.327. The topological polar surface area (TPSA) is 333 Å². The van der Waals surface area contributed by atoms with Gasteiger partial charge in [-0.2, -0.15) is 24.9 Å². The van der Waals surface area contributed by atoms with E-state index >= 15 is 0 Å². The molecule has 3 aromatic heterocycles. The summed E-state index contributed by atoms with van der Waals surface area (Å²) in [6, 6.07) is 30.2. The molecule has 7 rings (SSSR count). The average molecular weight is 916 g/mol. The highest BCUT2D eigenvalue weighted by atomic mass is 16.3. The van der Waals surface area contributed by atoms with Gasteiger partial charge in [0.15, 0.2) is 0 Å². The van der Waals surface area contributed by atoms with Crippen LogP contribution < -0.4 is 54.8 Å². The zero-order valence-electron chi connectivity index (χ0n) is 39.5. The maximum Gasteiger partial charge on any atom is 0.233 e. The molecule has 2 unspecified atom stereocenters. The lowest BCUT2D eigenvalue weighted by Crippen LogP contribution is -2.18. The summed E-state index contributed by atoms with van der Waals surface area (Å²) in [6.07, 6.45) is -0.866. The molecule has 21 nitrogen and oxygen atoms in total. The highest BCUT2D eigenvalue weighted by Gasteiger charge is 2.10. The molecule has 7 aromatic rings.